The summed E-state index contributed by atoms with van der Waals surface area (Å²) >= 11 is 0. The Labute approximate surface area is 197 Å². The molecule has 2 aromatic carbocycles. The van der Waals surface area contributed by atoms with Crippen LogP contribution in [0.25, 0.3) is 10.4 Å². The summed E-state index contributed by atoms with van der Waals surface area (Å²) in [5.41, 5.74) is 10.6. The van der Waals surface area contributed by atoms with Crippen molar-refractivity contribution in [2.75, 3.05) is 6.54 Å². The van der Waals surface area contributed by atoms with Gasteiger partial charge in [0.1, 0.15) is 29.7 Å². The summed E-state index contributed by atoms with van der Waals surface area (Å²) in [5.74, 6) is -0.187. The summed E-state index contributed by atoms with van der Waals surface area (Å²) in [6, 6.07) is 14.5. The number of nitrogens with zero attached hydrogens (tertiary/aromatic N) is 3. The summed E-state index contributed by atoms with van der Waals surface area (Å²) in [6.07, 6.45) is 2.25. The van der Waals surface area contributed by atoms with Crippen molar-refractivity contribution in [1.82, 2.24) is 0 Å². The summed E-state index contributed by atoms with van der Waals surface area (Å²) in [6.45, 7) is 0.741. The van der Waals surface area contributed by atoms with Crippen molar-refractivity contribution >= 4 is 23.1 Å². The molecule has 0 radical (unpaired) electrons. The zero-order chi connectivity index (χ0) is 24.3. The van der Waals surface area contributed by atoms with Crippen LogP contribution >= 0.6 is 0 Å². The van der Waals surface area contributed by atoms with Gasteiger partial charge in [-0.3, -0.25) is 19.2 Å². The van der Waals surface area contributed by atoms with Crippen LogP contribution in [0.1, 0.15) is 60.0 Å². The molecule has 8 heteroatoms. The molecule has 0 aromatic heterocycles. The second-order valence-corrected chi connectivity index (χ2v) is 8.47. The zero-order valence-electron chi connectivity index (χ0n) is 18.9. The molecule has 0 amide bonds. The molecule has 1 saturated carbocycles. The molecule has 0 aliphatic heterocycles. The number of ketones is 4. The maximum Gasteiger partial charge on any atom is 0.162 e. The molecule has 0 bridgehead atoms. The van der Waals surface area contributed by atoms with Gasteiger partial charge < -0.3 is 4.74 Å². The molecule has 176 valence electrons. The molecule has 0 heterocycles. The van der Waals surface area contributed by atoms with Gasteiger partial charge in [-0.15, -0.1) is 0 Å². The maximum absolute atomic E-state index is 12.5. The summed E-state index contributed by atoms with van der Waals surface area (Å²) < 4.78 is 5.80. The highest BCUT2D eigenvalue weighted by molar-refractivity contribution is 6.05. The van der Waals surface area contributed by atoms with Crippen molar-refractivity contribution in [2.45, 2.75) is 51.6 Å². The molecular weight excluding hydrogens is 434 g/mol. The van der Waals surface area contributed by atoms with Gasteiger partial charge >= 0.3 is 0 Å². The van der Waals surface area contributed by atoms with Crippen LogP contribution in [0.2, 0.25) is 0 Å². The first kappa shape index (κ1) is 24.9. The van der Waals surface area contributed by atoms with Crippen molar-refractivity contribution < 1.29 is 23.9 Å². The van der Waals surface area contributed by atoms with Gasteiger partial charge in [0.05, 0.1) is 6.42 Å². The van der Waals surface area contributed by atoms with Crippen LogP contribution < -0.4 is 4.74 Å². The number of hydrogen-bond donors (Lipinski definition) is 0. The topological polar surface area (TPSA) is 126 Å². The standard InChI is InChI=1S/C26H27N3O5/c27-29-28-12-2-1-3-25(32)20-8-4-19(5-9-20)17-34-24-10-6-18(7-11-24)13-26(33)21-14-22(30)16-23(31)15-21/h4-11,21H,1-3,12-17H2. The molecule has 1 aliphatic carbocycles. The Morgan fingerprint density at radius 3 is 2.24 bits per heavy atom. The second kappa shape index (κ2) is 12.5. The van der Waals surface area contributed by atoms with Crippen LogP contribution in [0.3, 0.4) is 0 Å². The lowest BCUT2D eigenvalue weighted by Gasteiger charge is -2.18. The minimum absolute atomic E-state index is 0.0466. The fourth-order valence-electron chi connectivity index (χ4n) is 3.87. The summed E-state index contributed by atoms with van der Waals surface area (Å²) in [7, 11) is 0. The number of hydrogen-bond acceptors (Lipinski definition) is 6. The first-order chi connectivity index (χ1) is 16.4. The van der Waals surface area contributed by atoms with Gasteiger partial charge in [-0.25, -0.2) is 0 Å². The highest BCUT2D eigenvalue weighted by atomic mass is 16.5. The molecule has 8 nitrogen and oxygen atoms in total. The quantitative estimate of drug-likeness (QED) is 0.110. The largest absolute Gasteiger partial charge is 0.489 e. The van der Waals surface area contributed by atoms with Crippen LogP contribution in [-0.2, 0) is 27.4 Å². The van der Waals surface area contributed by atoms with Crippen LogP contribution in [0.15, 0.2) is 53.6 Å². The molecule has 1 fully saturated rings. The van der Waals surface area contributed by atoms with Crippen molar-refractivity contribution in [3.63, 3.8) is 0 Å². The third-order valence-corrected chi connectivity index (χ3v) is 5.76. The minimum atomic E-state index is -0.503. The van der Waals surface area contributed by atoms with Crippen LogP contribution in [-0.4, -0.2) is 29.7 Å². The lowest BCUT2D eigenvalue weighted by Crippen LogP contribution is -2.29. The molecule has 34 heavy (non-hydrogen) atoms. The number of Topliss-reactive ketones (excluding diaryl/α,β-unsaturated/α-hetero) is 4. The van der Waals surface area contributed by atoms with Crippen LogP contribution in [0.4, 0.5) is 0 Å². The number of carbonyl (C=O) groups is 4. The van der Waals surface area contributed by atoms with Crippen molar-refractivity contribution in [1.29, 1.82) is 0 Å². The van der Waals surface area contributed by atoms with E-state index in [4.69, 9.17) is 10.3 Å². The fourth-order valence-corrected chi connectivity index (χ4v) is 3.87. The average molecular weight is 462 g/mol. The number of carbonyl (C=O) groups excluding carboxylic acids is 4. The van der Waals surface area contributed by atoms with E-state index in [9.17, 15) is 19.2 Å². The Morgan fingerprint density at radius 1 is 0.941 bits per heavy atom. The number of rotatable bonds is 12. The Morgan fingerprint density at radius 2 is 1.59 bits per heavy atom. The van der Waals surface area contributed by atoms with Crippen LogP contribution in [0.5, 0.6) is 5.75 Å². The van der Waals surface area contributed by atoms with Gasteiger partial charge in [-0.2, -0.15) is 0 Å². The number of ether oxygens (including phenoxy) is 1. The van der Waals surface area contributed by atoms with Gasteiger partial charge in [0.15, 0.2) is 5.78 Å². The predicted molar refractivity (Wildman–Crippen MR) is 125 cm³/mol. The highest BCUT2D eigenvalue weighted by Gasteiger charge is 2.30. The van der Waals surface area contributed by atoms with Crippen molar-refractivity contribution in [3.8, 4) is 5.75 Å². The zero-order valence-corrected chi connectivity index (χ0v) is 18.9. The molecule has 0 saturated heterocycles. The normalized spacial score (nSPS) is 13.9. The molecular formula is C26H27N3O5. The van der Waals surface area contributed by atoms with E-state index in [2.05, 4.69) is 10.0 Å². The number of unbranched alkanes of at least 4 members (excludes halogenated alkanes) is 1. The lowest BCUT2D eigenvalue weighted by molar-refractivity contribution is -0.136. The van der Waals surface area contributed by atoms with E-state index in [1.165, 1.54) is 0 Å². The Bertz CT molecular complexity index is 1070. The summed E-state index contributed by atoms with van der Waals surface area (Å²) in [4.78, 5) is 50.5. The molecule has 1 aliphatic rings. The van der Waals surface area contributed by atoms with Gasteiger partial charge in [-0.1, -0.05) is 41.5 Å². The second-order valence-electron chi connectivity index (χ2n) is 8.47. The van der Waals surface area contributed by atoms with E-state index in [1.54, 1.807) is 24.3 Å². The Balaban J connectivity index is 1.44. The lowest BCUT2D eigenvalue weighted by atomic mass is 9.83. The molecule has 0 spiro atoms. The van der Waals surface area contributed by atoms with E-state index >= 15 is 0 Å². The molecule has 2 aromatic rings. The fraction of sp³-hybridized carbons (Fsp3) is 0.385. The highest BCUT2D eigenvalue weighted by Crippen LogP contribution is 2.22. The molecule has 0 N–H and O–H groups in total. The van der Waals surface area contributed by atoms with Gasteiger partial charge in [-0.05, 0) is 41.6 Å². The number of benzene rings is 2. The third-order valence-electron chi connectivity index (χ3n) is 5.76. The smallest absolute Gasteiger partial charge is 0.162 e. The van der Waals surface area contributed by atoms with Crippen molar-refractivity contribution in [2.24, 2.45) is 11.0 Å². The minimum Gasteiger partial charge on any atom is -0.489 e. The average Bonchev–Trinajstić information content (AvgIpc) is 2.83. The molecule has 0 unspecified atom stereocenters. The predicted octanol–water partition coefficient (Wildman–Crippen LogP) is 4.98. The van der Waals surface area contributed by atoms with Gasteiger partial charge in [0.2, 0.25) is 0 Å². The van der Waals surface area contributed by atoms with E-state index in [1.807, 2.05) is 24.3 Å². The van der Waals surface area contributed by atoms with Crippen molar-refractivity contribution in [3.05, 3.63) is 75.7 Å². The molecule has 0 atom stereocenters. The van der Waals surface area contributed by atoms with Gasteiger partial charge in [0.25, 0.3) is 0 Å². The maximum atomic E-state index is 12.5. The van der Waals surface area contributed by atoms with Crippen LogP contribution in [0, 0.1) is 5.92 Å². The van der Waals surface area contributed by atoms with E-state index in [0.29, 0.717) is 43.7 Å². The first-order valence-corrected chi connectivity index (χ1v) is 11.4. The summed E-state index contributed by atoms with van der Waals surface area (Å²) in [5, 5.41) is 3.46. The third kappa shape index (κ3) is 7.67. The monoisotopic (exact) mass is 461 g/mol. The van der Waals surface area contributed by atoms with E-state index in [-0.39, 0.29) is 48.8 Å². The number of azide groups is 1. The van der Waals surface area contributed by atoms with E-state index < -0.39 is 5.92 Å². The van der Waals surface area contributed by atoms with Gasteiger partial charge in [0, 0.05) is 48.6 Å². The Hall–Kier alpha value is -3.77. The first-order valence-electron chi connectivity index (χ1n) is 11.4. The Kier molecular flexibility index (Phi) is 9.12. The SMILES string of the molecule is [N-]=[N+]=NCCCCC(=O)c1ccc(COc2ccc(CC(=O)C3CC(=O)CC(=O)C3)cc2)cc1. The molecule has 3 rings (SSSR count). The van der Waals surface area contributed by atoms with E-state index in [0.717, 1.165) is 11.1 Å².